The second-order valence-corrected chi connectivity index (χ2v) is 6.50. The van der Waals surface area contributed by atoms with Crippen molar-refractivity contribution in [3.05, 3.63) is 44.0 Å². The van der Waals surface area contributed by atoms with E-state index in [0.29, 0.717) is 5.76 Å². The Bertz CT molecular complexity index is 779. The molecule has 0 saturated carbocycles. The number of thiophene rings is 1. The van der Waals surface area contributed by atoms with E-state index in [9.17, 15) is 14.9 Å². The van der Waals surface area contributed by atoms with Crippen LogP contribution >= 0.6 is 11.3 Å². The molecule has 7 nitrogen and oxygen atoms in total. The van der Waals surface area contributed by atoms with Crippen molar-refractivity contribution >= 4 is 28.1 Å². The maximum atomic E-state index is 12.4. The van der Waals surface area contributed by atoms with Gasteiger partial charge < -0.3 is 15.1 Å². The first kappa shape index (κ1) is 13.3. The first-order valence-corrected chi connectivity index (χ1v) is 7.91. The van der Waals surface area contributed by atoms with Crippen molar-refractivity contribution in [2.24, 2.45) is 0 Å². The summed E-state index contributed by atoms with van der Waals surface area (Å²) < 4.78 is 5.18. The van der Waals surface area contributed by atoms with Gasteiger partial charge in [0.25, 0.3) is 5.91 Å². The molecule has 0 radical (unpaired) electrons. The summed E-state index contributed by atoms with van der Waals surface area (Å²) in [5.41, 5.74) is 1.89. The highest BCUT2D eigenvalue weighted by molar-refractivity contribution is 7.16. The van der Waals surface area contributed by atoms with Gasteiger partial charge in [0.15, 0.2) is 11.9 Å². The van der Waals surface area contributed by atoms with E-state index in [2.05, 4.69) is 10.6 Å². The van der Waals surface area contributed by atoms with Gasteiger partial charge in [-0.05, 0) is 37.3 Å². The molecule has 2 aliphatic rings. The predicted molar refractivity (Wildman–Crippen MR) is 80.2 cm³/mol. The highest BCUT2D eigenvalue weighted by Crippen LogP contribution is 2.41. The van der Waals surface area contributed by atoms with Crippen molar-refractivity contribution in [3.8, 4) is 0 Å². The van der Waals surface area contributed by atoms with Crippen molar-refractivity contribution in [2.75, 3.05) is 5.32 Å². The van der Waals surface area contributed by atoms with Crippen molar-refractivity contribution in [2.45, 2.75) is 31.8 Å². The molecule has 114 valence electrons. The standard InChI is InChI=1S/C14H13N3O4S/c18-13-11-7-3-1-2-4-9(7)22-14(11)16-12(15-13)8-5-6-10(21-8)17(19)20/h5-6,12,16H,1-4H2,(H,15,18)/t12-/m1/s1. The number of nitrogens with one attached hydrogen (secondary N) is 2. The molecule has 0 aromatic carbocycles. The Labute approximate surface area is 129 Å². The first-order chi connectivity index (χ1) is 10.6. The lowest BCUT2D eigenvalue weighted by atomic mass is 9.94. The highest BCUT2D eigenvalue weighted by atomic mass is 32.1. The number of nitro groups is 1. The van der Waals surface area contributed by atoms with Gasteiger partial charge in [0.05, 0.1) is 11.6 Å². The molecule has 22 heavy (non-hydrogen) atoms. The van der Waals surface area contributed by atoms with Crippen LogP contribution in [0.4, 0.5) is 10.9 Å². The predicted octanol–water partition coefficient (Wildman–Crippen LogP) is 2.98. The summed E-state index contributed by atoms with van der Waals surface area (Å²) in [5.74, 6) is -0.142. The minimum absolute atomic E-state index is 0.141. The summed E-state index contributed by atoms with van der Waals surface area (Å²) in [5, 5.41) is 17.6. The van der Waals surface area contributed by atoms with E-state index in [-0.39, 0.29) is 11.8 Å². The van der Waals surface area contributed by atoms with Crippen LogP contribution in [0.3, 0.4) is 0 Å². The average molecular weight is 319 g/mol. The van der Waals surface area contributed by atoms with Crippen molar-refractivity contribution in [1.82, 2.24) is 5.32 Å². The fraction of sp³-hybridized carbons (Fsp3) is 0.357. The van der Waals surface area contributed by atoms with Crippen molar-refractivity contribution in [3.63, 3.8) is 0 Å². The smallest absolute Gasteiger partial charge is 0.402 e. The van der Waals surface area contributed by atoms with Gasteiger partial charge in [-0.3, -0.25) is 14.9 Å². The maximum Gasteiger partial charge on any atom is 0.433 e. The molecule has 1 aliphatic carbocycles. The number of amides is 1. The fourth-order valence-corrected chi connectivity index (χ4v) is 4.33. The molecule has 0 spiro atoms. The van der Waals surface area contributed by atoms with E-state index in [4.69, 9.17) is 4.42 Å². The highest BCUT2D eigenvalue weighted by Gasteiger charge is 2.33. The summed E-state index contributed by atoms with van der Waals surface area (Å²) in [6, 6.07) is 2.80. The molecule has 0 unspecified atom stereocenters. The number of carbonyl (C=O) groups excluding carboxylic acids is 1. The first-order valence-electron chi connectivity index (χ1n) is 7.09. The normalized spacial score (nSPS) is 19.8. The van der Waals surface area contributed by atoms with Crippen LogP contribution in [0.1, 0.15) is 45.6 Å². The van der Waals surface area contributed by atoms with E-state index in [1.807, 2.05) is 0 Å². The Morgan fingerprint density at radius 1 is 1.27 bits per heavy atom. The SMILES string of the molecule is O=C1N[C@@H](c2ccc([N+](=O)[O-])o2)Nc2sc3c(c21)CCCC3. The lowest BCUT2D eigenvalue weighted by Crippen LogP contribution is -2.38. The van der Waals surface area contributed by atoms with Gasteiger partial charge in [0.1, 0.15) is 9.92 Å². The topological polar surface area (TPSA) is 97.4 Å². The number of nitrogens with zero attached hydrogens (tertiary/aromatic N) is 1. The molecule has 2 N–H and O–H groups in total. The number of hydrogen-bond acceptors (Lipinski definition) is 6. The largest absolute Gasteiger partial charge is 0.433 e. The summed E-state index contributed by atoms with van der Waals surface area (Å²) in [6.07, 6.45) is 3.64. The molecule has 4 rings (SSSR count). The van der Waals surface area contributed by atoms with E-state index < -0.39 is 11.1 Å². The van der Waals surface area contributed by atoms with Gasteiger partial charge in [-0.15, -0.1) is 11.3 Å². The van der Waals surface area contributed by atoms with Crippen LogP contribution < -0.4 is 10.6 Å². The summed E-state index contributed by atoms with van der Waals surface area (Å²) in [4.78, 5) is 23.8. The molecule has 2 aromatic rings. The molecule has 2 aromatic heterocycles. The van der Waals surface area contributed by atoms with Crippen LogP contribution in [0.15, 0.2) is 16.5 Å². The van der Waals surface area contributed by atoms with Crippen LogP contribution in [0.2, 0.25) is 0 Å². The van der Waals surface area contributed by atoms with Gasteiger partial charge in [-0.1, -0.05) is 0 Å². The lowest BCUT2D eigenvalue weighted by molar-refractivity contribution is -0.402. The number of hydrogen-bond donors (Lipinski definition) is 2. The van der Waals surface area contributed by atoms with Crippen molar-refractivity contribution < 1.29 is 14.1 Å². The van der Waals surface area contributed by atoms with Gasteiger partial charge >= 0.3 is 5.88 Å². The quantitative estimate of drug-likeness (QED) is 0.655. The molecule has 0 saturated heterocycles. The van der Waals surface area contributed by atoms with Crippen molar-refractivity contribution in [1.29, 1.82) is 0 Å². The molecule has 0 bridgehead atoms. The van der Waals surface area contributed by atoms with E-state index in [0.717, 1.165) is 41.8 Å². The number of furan rings is 1. The van der Waals surface area contributed by atoms with E-state index >= 15 is 0 Å². The molecule has 0 fully saturated rings. The van der Waals surface area contributed by atoms with E-state index in [1.165, 1.54) is 17.0 Å². The molecular weight excluding hydrogens is 306 g/mol. The maximum absolute atomic E-state index is 12.4. The molecule has 1 atom stereocenters. The third-order valence-electron chi connectivity index (χ3n) is 4.03. The number of fused-ring (bicyclic) bond motifs is 3. The molecule has 1 amide bonds. The zero-order valence-corrected chi connectivity index (χ0v) is 12.4. The Morgan fingerprint density at radius 2 is 2.09 bits per heavy atom. The molecule has 1 aliphatic heterocycles. The van der Waals surface area contributed by atoms with Gasteiger partial charge in [-0.2, -0.15) is 0 Å². The van der Waals surface area contributed by atoms with E-state index in [1.54, 1.807) is 11.3 Å². The van der Waals surface area contributed by atoms with Crippen LogP contribution in [0.25, 0.3) is 0 Å². The van der Waals surface area contributed by atoms with Crippen LogP contribution in [-0.2, 0) is 12.8 Å². The minimum Gasteiger partial charge on any atom is -0.402 e. The van der Waals surface area contributed by atoms with Crippen LogP contribution in [0.5, 0.6) is 0 Å². The molecule has 8 heteroatoms. The number of aryl methyl sites for hydroxylation is 1. The Morgan fingerprint density at radius 3 is 2.86 bits per heavy atom. The third-order valence-corrected chi connectivity index (χ3v) is 5.25. The Hall–Kier alpha value is -2.35. The zero-order chi connectivity index (χ0) is 15.3. The number of anilines is 1. The monoisotopic (exact) mass is 319 g/mol. The Kier molecular flexibility index (Phi) is 2.93. The average Bonchev–Trinajstić information content (AvgIpc) is 3.11. The van der Waals surface area contributed by atoms with Gasteiger partial charge in [0, 0.05) is 4.88 Å². The van der Waals surface area contributed by atoms with Gasteiger partial charge in [-0.25, -0.2) is 0 Å². The minimum atomic E-state index is -0.594. The second-order valence-electron chi connectivity index (χ2n) is 5.40. The summed E-state index contributed by atoms with van der Waals surface area (Å²) in [7, 11) is 0. The zero-order valence-electron chi connectivity index (χ0n) is 11.5. The fourth-order valence-electron chi connectivity index (χ4n) is 3.02. The molecular formula is C14H13N3O4S. The van der Waals surface area contributed by atoms with Crippen LogP contribution in [0, 0.1) is 10.1 Å². The third kappa shape index (κ3) is 1.98. The number of carbonyl (C=O) groups is 1. The molecule has 3 heterocycles. The summed E-state index contributed by atoms with van der Waals surface area (Å²) in [6.45, 7) is 0. The summed E-state index contributed by atoms with van der Waals surface area (Å²) >= 11 is 1.61. The van der Waals surface area contributed by atoms with Crippen LogP contribution in [-0.4, -0.2) is 10.8 Å². The number of rotatable bonds is 2. The lowest BCUT2D eigenvalue weighted by Gasteiger charge is -2.24. The Balaban J connectivity index is 1.68. The van der Waals surface area contributed by atoms with Gasteiger partial charge in [0.2, 0.25) is 0 Å². The second kappa shape index (κ2) is 4.84.